The molecule has 1 unspecified atom stereocenters. The molecule has 0 saturated heterocycles. The molecular formula is C20H22N2O8S. The second-order valence-corrected chi connectivity index (χ2v) is 7.96. The average molecular weight is 450 g/mol. The SMILES string of the molecule is COc1cc(C(C)=O)ccc1OCC(=O)OC(C)C(=O)Nc1ccc(S(N)(=O)=O)cc1. The van der Waals surface area contributed by atoms with E-state index in [0.29, 0.717) is 11.3 Å². The number of primary sulfonamides is 1. The predicted molar refractivity (Wildman–Crippen MR) is 110 cm³/mol. The molecule has 0 heterocycles. The summed E-state index contributed by atoms with van der Waals surface area (Å²) in [6.07, 6.45) is -1.14. The normalized spacial score (nSPS) is 11.9. The summed E-state index contributed by atoms with van der Waals surface area (Å²) in [6.45, 7) is 2.29. The van der Waals surface area contributed by atoms with Crippen molar-refractivity contribution in [1.29, 1.82) is 0 Å². The van der Waals surface area contributed by atoms with Crippen molar-refractivity contribution in [3.63, 3.8) is 0 Å². The van der Waals surface area contributed by atoms with Gasteiger partial charge in [0.15, 0.2) is 30.0 Å². The summed E-state index contributed by atoms with van der Waals surface area (Å²) in [5, 5.41) is 7.50. The van der Waals surface area contributed by atoms with Gasteiger partial charge in [-0.2, -0.15) is 0 Å². The van der Waals surface area contributed by atoms with Crippen molar-refractivity contribution in [3.05, 3.63) is 48.0 Å². The van der Waals surface area contributed by atoms with Crippen LogP contribution in [0.5, 0.6) is 11.5 Å². The van der Waals surface area contributed by atoms with Crippen LogP contribution in [0.4, 0.5) is 5.69 Å². The zero-order valence-electron chi connectivity index (χ0n) is 17.1. The Morgan fingerprint density at radius 2 is 1.71 bits per heavy atom. The molecule has 0 aliphatic rings. The number of esters is 1. The number of rotatable bonds is 9. The number of ether oxygens (including phenoxy) is 3. The highest BCUT2D eigenvalue weighted by molar-refractivity contribution is 7.89. The number of hydrogen-bond donors (Lipinski definition) is 2. The molecule has 0 spiro atoms. The van der Waals surface area contributed by atoms with Gasteiger partial charge < -0.3 is 19.5 Å². The molecule has 1 atom stereocenters. The molecule has 3 N–H and O–H groups in total. The number of ketones is 1. The van der Waals surface area contributed by atoms with Crippen LogP contribution in [0.25, 0.3) is 0 Å². The molecule has 1 amide bonds. The smallest absolute Gasteiger partial charge is 0.344 e. The maximum absolute atomic E-state index is 12.2. The van der Waals surface area contributed by atoms with Crippen LogP contribution >= 0.6 is 0 Å². The summed E-state index contributed by atoms with van der Waals surface area (Å²) in [7, 11) is -2.45. The highest BCUT2D eigenvalue weighted by Crippen LogP contribution is 2.28. The number of benzene rings is 2. The van der Waals surface area contributed by atoms with E-state index in [0.717, 1.165) is 0 Å². The standard InChI is InChI=1S/C20H22N2O8S/c1-12(23)14-4-9-17(18(10-14)28-3)29-11-19(24)30-13(2)20(25)22-15-5-7-16(8-6-15)31(21,26)27/h4-10,13H,11H2,1-3H3,(H,22,25)(H2,21,26,27). The number of nitrogens with two attached hydrogens (primary N) is 1. The molecule has 0 aliphatic heterocycles. The maximum Gasteiger partial charge on any atom is 0.344 e. The Kier molecular flexibility index (Phi) is 7.72. The van der Waals surface area contributed by atoms with Crippen molar-refractivity contribution >= 4 is 33.4 Å². The molecule has 2 rings (SSSR count). The van der Waals surface area contributed by atoms with Gasteiger partial charge in [0.25, 0.3) is 5.91 Å². The molecule has 0 aliphatic carbocycles. The molecule has 0 aromatic heterocycles. The van der Waals surface area contributed by atoms with E-state index in [9.17, 15) is 22.8 Å². The lowest BCUT2D eigenvalue weighted by atomic mass is 10.1. The molecular weight excluding hydrogens is 428 g/mol. The second kappa shape index (κ2) is 10.0. The van der Waals surface area contributed by atoms with E-state index in [1.807, 2.05) is 0 Å². The van der Waals surface area contributed by atoms with Crippen molar-refractivity contribution in [2.24, 2.45) is 5.14 Å². The summed E-state index contributed by atoms with van der Waals surface area (Å²) in [5.41, 5.74) is 0.723. The molecule has 0 radical (unpaired) electrons. The van der Waals surface area contributed by atoms with Crippen LogP contribution in [0.2, 0.25) is 0 Å². The molecule has 31 heavy (non-hydrogen) atoms. The fraction of sp³-hybridized carbons (Fsp3) is 0.250. The Hall–Kier alpha value is -3.44. The fourth-order valence-electron chi connectivity index (χ4n) is 2.40. The maximum atomic E-state index is 12.2. The number of Topliss-reactive ketones (excluding diaryl/α,β-unsaturated/α-hetero) is 1. The topological polar surface area (TPSA) is 151 Å². The van der Waals surface area contributed by atoms with Crippen molar-refractivity contribution in [1.82, 2.24) is 0 Å². The van der Waals surface area contributed by atoms with Crippen LogP contribution in [-0.2, 0) is 24.3 Å². The summed E-state index contributed by atoms with van der Waals surface area (Å²) >= 11 is 0. The Morgan fingerprint density at radius 3 is 2.26 bits per heavy atom. The van der Waals surface area contributed by atoms with Gasteiger partial charge in [0, 0.05) is 11.3 Å². The highest BCUT2D eigenvalue weighted by atomic mass is 32.2. The summed E-state index contributed by atoms with van der Waals surface area (Å²) < 4.78 is 38.0. The number of amides is 1. The Labute approximate surface area is 179 Å². The highest BCUT2D eigenvalue weighted by Gasteiger charge is 2.19. The van der Waals surface area contributed by atoms with Gasteiger partial charge in [0.2, 0.25) is 10.0 Å². The number of hydrogen-bond acceptors (Lipinski definition) is 8. The molecule has 2 aromatic rings. The van der Waals surface area contributed by atoms with Crippen molar-refractivity contribution in [2.45, 2.75) is 24.8 Å². The van der Waals surface area contributed by atoms with E-state index in [1.54, 1.807) is 0 Å². The van der Waals surface area contributed by atoms with Gasteiger partial charge in [0.1, 0.15) is 0 Å². The van der Waals surface area contributed by atoms with Gasteiger partial charge in [0.05, 0.1) is 12.0 Å². The quantitative estimate of drug-likeness (QED) is 0.431. The molecule has 2 aromatic carbocycles. The monoisotopic (exact) mass is 450 g/mol. The minimum Gasteiger partial charge on any atom is -0.493 e. The first kappa shape index (κ1) is 23.8. The van der Waals surface area contributed by atoms with Gasteiger partial charge in [-0.25, -0.2) is 18.4 Å². The van der Waals surface area contributed by atoms with E-state index < -0.39 is 34.6 Å². The molecule has 0 bridgehead atoms. The Balaban J connectivity index is 1.90. The summed E-state index contributed by atoms with van der Waals surface area (Å²) in [5.74, 6) is -1.07. The molecule has 166 valence electrons. The number of sulfonamides is 1. The van der Waals surface area contributed by atoms with E-state index in [2.05, 4.69) is 5.32 Å². The number of nitrogens with one attached hydrogen (secondary N) is 1. The summed E-state index contributed by atoms with van der Waals surface area (Å²) in [6, 6.07) is 9.69. The predicted octanol–water partition coefficient (Wildman–Crippen LogP) is 1.49. The fourth-order valence-corrected chi connectivity index (χ4v) is 2.91. The van der Waals surface area contributed by atoms with Crippen LogP contribution < -0.4 is 19.9 Å². The minimum atomic E-state index is -3.84. The molecule has 10 nitrogen and oxygen atoms in total. The van der Waals surface area contributed by atoms with Crippen molar-refractivity contribution < 1.29 is 37.0 Å². The van der Waals surface area contributed by atoms with Crippen LogP contribution in [0.15, 0.2) is 47.4 Å². The zero-order valence-corrected chi connectivity index (χ0v) is 17.9. The van der Waals surface area contributed by atoms with Crippen LogP contribution in [0.3, 0.4) is 0 Å². The first-order chi connectivity index (χ1) is 14.5. The lowest BCUT2D eigenvalue weighted by Gasteiger charge is -2.15. The van der Waals surface area contributed by atoms with Gasteiger partial charge >= 0.3 is 5.97 Å². The summed E-state index contributed by atoms with van der Waals surface area (Å²) in [4.78, 5) is 35.5. The van der Waals surface area contributed by atoms with E-state index >= 15 is 0 Å². The molecule has 0 saturated carbocycles. The van der Waals surface area contributed by atoms with Crippen LogP contribution in [0, 0.1) is 0 Å². The van der Waals surface area contributed by atoms with Crippen molar-refractivity contribution in [3.8, 4) is 11.5 Å². The minimum absolute atomic E-state index is 0.103. The number of methoxy groups -OCH3 is 1. The van der Waals surface area contributed by atoms with E-state index in [4.69, 9.17) is 19.3 Å². The number of anilines is 1. The molecule has 0 fully saturated rings. The first-order valence-electron chi connectivity index (χ1n) is 8.96. The third-order valence-corrected chi connectivity index (χ3v) is 4.97. The van der Waals surface area contributed by atoms with Crippen molar-refractivity contribution in [2.75, 3.05) is 19.0 Å². The largest absolute Gasteiger partial charge is 0.493 e. The average Bonchev–Trinajstić information content (AvgIpc) is 2.71. The Morgan fingerprint density at radius 1 is 1.06 bits per heavy atom. The van der Waals surface area contributed by atoms with E-state index in [1.165, 1.54) is 63.4 Å². The number of carbonyl (C=O) groups is 3. The zero-order chi connectivity index (χ0) is 23.2. The Bertz CT molecular complexity index is 1080. The van der Waals surface area contributed by atoms with Gasteiger partial charge in [-0.3, -0.25) is 9.59 Å². The van der Waals surface area contributed by atoms with Crippen LogP contribution in [0.1, 0.15) is 24.2 Å². The lowest BCUT2D eigenvalue weighted by molar-refractivity contribution is -0.155. The van der Waals surface area contributed by atoms with Gasteiger partial charge in [-0.15, -0.1) is 0 Å². The van der Waals surface area contributed by atoms with E-state index in [-0.39, 0.29) is 22.2 Å². The lowest BCUT2D eigenvalue weighted by Crippen LogP contribution is -2.31. The second-order valence-electron chi connectivity index (χ2n) is 6.40. The third kappa shape index (κ3) is 6.79. The van der Waals surface area contributed by atoms with Gasteiger partial charge in [-0.05, 0) is 56.3 Å². The first-order valence-corrected chi connectivity index (χ1v) is 10.5. The van der Waals surface area contributed by atoms with Gasteiger partial charge in [-0.1, -0.05) is 0 Å². The third-order valence-electron chi connectivity index (χ3n) is 4.04. The molecule has 11 heteroatoms. The van der Waals surface area contributed by atoms with Crippen LogP contribution in [-0.4, -0.2) is 45.9 Å². The number of carbonyl (C=O) groups excluding carboxylic acids is 3.